The Hall–Kier alpha value is -1.56. The lowest BCUT2D eigenvalue weighted by molar-refractivity contribution is 0.734. The van der Waals surface area contributed by atoms with Crippen LogP contribution in [0.1, 0.15) is 19.5 Å². The Morgan fingerprint density at radius 3 is 2.69 bits per heavy atom. The van der Waals surface area contributed by atoms with Crippen molar-refractivity contribution in [1.82, 2.24) is 9.97 Å². The monoisotopic (exact) mass is 175 g/mol. The largest absolute Gasteiger partial charge is 0.354 e. The van der Waals surface area contributed by atoms with Gasteiger partial charge in [0.05, 0.1) is 5.54 Å². The molecule has 3 heteroatoms. The summed E-state index contributed by atoms with van der Waals surface area (Å²) in [7, 11) is 0. The van der Waals surface area contributed by atoms with Crippen LogP contribution in [0.4, 0.5) is 5.82 Å². The van der Waals surface area contributed by atoms with E-state index in [9.17, 15) is 0 Å². The maximum absolute atomic E-state index is 5.34. The number of terminal acetylenes is 1. The number of nitrogens with zero attached hydrogens (tertiary/aromatic N) is 2. The average Bonchev–Trinajstić information content (AvgIpc) is 2.03. The summed E-state index contributed by atoms with van der Waals surface area (Å²) < 4.78 is 0. The van der Waals surface area contributed by atoms with Crippen LogP contribution >= 0.6 is 0 Å². The standard InChI is InChI=1S/C10H13N3/c1-5-10(3,4)13-9-6-8(2)11-7-12-9/h1,6-7H,2-4H3,(H,11,12,13). The summed E-state index contributed by atoms with van der Waals surface area (Å²) in [6, 6.07) is 1.86. The van der Waals surface area contributed by atoms with E-state index in [0.717, 1.165) is 11.5 Å². The van der Waals surface area contributed by atoms with Crippen molar-refractivity contribution < 1.29 is 0 Å². The Morgan fingerprint density at radius 1 is 1.46 bits per heavy atom. The van der Waals surface area contributed by atoms with E-state index in [2.05, 4.69) is 21.2 Å². The van der Waals surface area contributed by atoms with Crippen LogP contribution < -0.4 is 5.32 Å². The molecule has 0 unspecified atom stereocenters. The lowest BCUT2D eigenvalue weighted by Crippen LogP contribution is -2.28. The van der Waals surface area contributed by atoms with Crippen molar-refractivity contribution in [2.75, 3.05) is 5.32 Å². The fourth-order valence-corrected chi connectivity index (χ4v) is 0.879. The Balaban J connectivity index is 2.82. The summed E-state index contributed by atoms with van der Waals surface area (Å²) >= 11 is 0. The number of anilines is 1. The summed E-state index contributed by atoms with van der Waals surface area (Å²) in [6.07, 6.45) is 6.85. The lowest BCUT2D eigenvalue weighted by Gasteiger charge is -2.19. The van der Waals surface area contributed by atoms with Crippen LogP contribution in [0.25, 0.3) is 0 Å². The number of rotatable bonds is 2. The summed E-state index contributed by atoms with van der Waals surface area (Å²) in [5, 5.41) is 3.12. The molecule has 1 rings (SSSR count). The fourth-order valence-electron chi connectivity index (χ4n) is 0.879. The number of hydrogen-bond donors (Lipinski definition) is 1. The molecule has 1 aromatic heterocycles. The second-order valence-electron chi connectivity index (χ2n) is 3.44. The van der Waals surface area contributed by atoms with Crippen molar-refractivity contribution in [1.29, 1.82) is 0 Å². The highest BCUT2D eigenvalue weighted by Gasteiger charge is 2.13. The first-order chi connectivity index (χ1) is 6.03. The molecule has 0 amide bonds. The molecule has 1 aromatic rings. The van der Waals surface area contributed by atoms with Gasteiger partial charge in [0.15, 0.2) is 0 Å². The topological polar surface area (TPSA) is 37.8 Å². The molecule has 3 nitrogen and oxygen atoms in total. The molecule has 1 N–H and O–H groups in total. The van der Waals surface area contributed by atoms with Crippen LogP contribution in [0.2, 0.25) is 0 Å². The van der Waals surface area contributed by atoms with Crippen molar-refractivity contribution >= 4 is 5.82 Å². The summed E-state index contributed by atoms with van der Waals surface area (Å²) in [5.74, 6) is 3.40. The van der Waals surface area contributed by atoms with Crippen LogP contribution in [0.15, 0.2) is 12.4 Å². The number of hydrogen-bond acceptors (Lipinski definition) is 3. The molecule has 0 aliphatic heterocycles. The van der Waals surface area contributed by atoms with Gasteiger partial charge in [0.1, 0.15) is 12.1 Å². The maximum Gasteiger partial charge on any atom is 0.130 e. The van der Waals surface area contributed by atoms with E-state index in [1.165, 1.54) is 6.33 Å². The SMILES string of the molecule is C#CC(C)(C)Nc1cc(C)ncn1. The van der Waals surface area contributed by atoms with Crippen LogP contribution in [-0.4, -0.2) is 15.5 Å². The second kappa shape index (κ2) is 3.44. The van der Waals surface area contributed by atoms with Crippen molar-refractivity contribution in [3.05, 3.63) is 18.1 Å². The van der Waals surface area contributed by atoms with E-state index in [1.807, 2.05) is 26.8 Å². The zero-order valence-corrected chi connectivity index (χ0v) is 8.13. The highest BCUT2D eigenvalue weighted by Crippen LogP contribution is 2.11. The minimum atomic E-state index is -0.374. The van der Waals surface area contributed by atoms with Gasteiger partial charge in [-0.25, -0.2) is 9.97 Å². The van der Waals surface area contributed by atoms with Crippen LogP contribution in [0.5, 0.6) is 0 Å². The Kier molecular flexibility index (Phi) is 2.52. The summed E-state index contributed by atoms with van der Waals surface area (Å²) in [5.41, 5.74) is 0.547. The van der Waals surface area contributed by atoms with E-state index < -0.39 is 0 Å². The molecule has 1 heterocycles. The van der Waals surface area contributed by atoms with Gasteiger partial charge in [0.25, 0.3) is 0 Å². The third kappa shape index (κ3) is 2.75. The molecule has 0 spiro atoms. The van der Waals surface area contributed by atoms with Crippen LogP contribution in [0, 0.1) is 19.3 Å². The molecule has 0 radical (unpaired) electrons. The quantitative estimate of drug-likeness (QED) is 0.694. The van der Waals surface area contributed by atoms with E-state index >= 15 is 0 Å². The highest BCUT2D eigenvalue weighted by molar-refractivity contribution is 5.40. The molecule has 13 heavy (non-hydrogen) atoms. The highest BCUT2D eigenvalue weighted by atomic mass is 15.1. The molecule has 0 aliphatic carbocycles. The van der Waals surface area contributed by atoms with Gasteiger partial charge in [-0.3, -0.25) is 0 Å². The first-order valence-corrected chi connectivity index (χ1v) is 4.08. The van der Waals surface area contributed by atoms with Gasteiger partial charge in [-0.2, -0.15) is 0 Å². The molecular formula is C10H13N3. The number of nitrogens with one attached hydrogen (secondary N) is 1. The van der Waals surface area contributed by atoms with E-state index in [4.69, 9.17) is 6.42 Å². The summed E-state index contributed by atoms with van der Waals surface area (Å²) in [4.78, 5) is 8.05. The minimum absolute atomic E-state index is 0.374. The van der Waals surface area contributed by atoms with Gasteiger partial charge in [0, 0.05) is 11.8 Å². The van der Waals surface area contributed by atoms with Gasteiger partial charge < -0.3 is 5.32 Å². The predicted octanol–water partition coefficient (Wildman–Crippen LogP) is 1.61. The van der Waals surface area contributed by atoms with Crippen molar-refractivity contribution in [2.24, 2.45) is 0 Å². The molecule has 68 valence electrons. The Morgan fingerprint density at radius 2 is 2.15 bits per heavy atom. The molecule has 0 saturated heterocycles. The smallest absolute Gasteiger partial charge is 0.130 e. The first-order valence-electron chi connectivity index (χ1n) is 4.08. The fraction of sp³-hybridized carbons (Fsp3) is 0.400. The van der Waals surface area contributed by atoms with Gasteiger partial charge in [-0.05, 0) is 20.8 Å². The van der Waals surface area contributed by atoms with E-state index in [1.54, 1.807) is 0 Å². The third-order valence-electron chi connectivity index (χ3n) is 1.61. The Labute approximate surface area is 78.6 Å². The lowest BCUT2D eigenvalue weighted by atomic mass is 10.1. The van der Waals surface area contributed by atoms with Crippen molar-refractivity contribution in [3.8, 4) is 12.3 Å². The molecule has 0 aromatic carbocycles. The van der Waals surface area contributed by atoms with E-state index in [-0.39, 0.29) is 5.54 Å². The van der Waals surface area contributed by atoms with Gasteiger partial charge in [-0.15, -0.1) is 6.42 Å². The molecular weight excluding hydrogens is 162 g/mol. The normalized spacial score (nSPS) is 10.6. The molecule has 0 atom stereocenters. The first kappa shape index (κ1) is 9.53. The molecule has 0 fully saturated rings. The van der Waals surface area contributed by atoms with Crippen molar-refractivity contribution in [2.45, 2.75) is 26.3 Å². The minimum Gasteiger partial charge on any atom is -0.354 e. The molecule has 0 aliphatic rings. The predicted molar refractivity (Wildman–Crippen MR) is 53.3 cm³/mol. The third-order valence-corrected chi connectivity index (χ3v) is 1.61. The number of aryl methyl sites for hydroxylation is 1. The van der Waals surface area contributed by atoms with Crippen molar-refractivity contribution in [3.63, 3.8) is 0 Å². The van der Waals surface area contributed by atoms with Crippen LogP contribution in [0.3, 0.4) is 0 Å². The zero-order valence-electron chi connectivity index (χ0n) is 8.13. The Bertz CT molecular complexity index is 336. The van der Waals surface area contributed by atoms with Crippen LogP contribution in [-0.2, 0) is 0 Å². The summed E-state index contributed by atoms with van der Waals surface area (Å²) in [6.45, 7) is 5.75. The average molecular weight is 175 g/mol. The number of aromatic nitrogens is 2. The van der Waals surface area contributed by atoms with Gasteiger partial charge in [0.2, 0.25) is 0 Å². The van der Waals surface area contributed by atoms with Gasteiger partial charge >= 0.3 is 0 Å². The second-order valence-corrected chi connectivity index (χ2v) is 3.44. The van der Waals surface area contributed by atoms with Gasteiger partial charge in [-0.1, -0.05) is 5.92 Å². The molecule has 0 saturated carbocycles. The molecule has 0 bridgehead atoms. The maximum atomic E-state index is 5.34. The van der Waals surface area contributed by atoms with E-state index in [0.29, 0.717) is 0 Å². The zero-order chi connectivity index (χ0) is 9.90.